The van der Waals surface area contributed by atoms with Crippen LogP contribution in [0.5, 0.6) is 0 Å². The van der Waals surface area contributed by atoms with Gasteiger partial charge in [-0.25, -0.2) is 5.43 Å². The molecule has 1 aliphatic carbocycles. The highest BCUT2D eigenvalue weighted by molar-refractivity contribution is 5.58. The summed E-state index contributed by atoms with van der Waals surface area (Å²) in [4.78, 5) is 10.5. The molecule has 3 heteroatoms. The van der Waals surface area contributed by atoms with Gasteiger partial charge in [0.15, 0.2) is 0 Å². The second kappa shape index (κ2) is 3.15. The molecule has 0 aromatic heterocycles. The van der Waals surface area contributed by atoms with Gasteiger partial charge in [0, 0.05) is 5.54 Å². The molecule has 12 heavy (non-hydrogen) atoms. The summed E-state index contributed by atoms with van der Waals surface area (Å²) in [5.74, 6) is 0. The molecule has 2 aliphatic rings. The van der Waals surface area contributed by atoms with Crippen molar-refractivity contribution >= 4 is 6.29 Å². The predicted molar refractivity (Wildman–Crippen MR) is 46.6 cm³/mol. The maximum absolute atomic E-state index is 10.5. The Kier molecular flexibility index (Phi) is 2.15. The second-order valence-corrected chi connectivity index (χ2v) is 4.06. The van der Waals surface area contributed by atoms with Crippen LogP contribution in [0.4, 0.5) is 0 Å². The highest BCUT2D eigenvalue weighted by Crippen LogP contribution is 2.33. The number of hydrogen-bond donors (Lipinski definition) is 2. The molecule has 1 heterocycles. The van der Waals surface area contributed by atoms with Gasteiger partial charge in [0.1, 0.15) is 6.29 Å². The van der Waals surface area contributed by atoms with Crippen molar-refractivity contribution in [1.29, 1.82) is 0 Å². The molecule has 0 aromatic carbocycles. The lowest BCUT2D eigenvalue weighted by molar-refractivity contribution is -0.109. The topological polar surface area (TPSA) is 41.1 Å². The number of carbonyl (C=O) groups excluding carboxylic acids is 1. The van der Waals surface area contributed by atoms with Crippen molar-refractivity contribution in [3.63, 3.8) is 0 Å². The van der Waals surface area contributed by atoms with Crippen molar-refractivity contribution in [3.8, 4) is 0 Å². The van der Waals surface area contributed by atoms with E-state index in [1.165, 1.54) is 32.1 Å². The van der Waals surface area contributed by atoms with Crippen molar-refractivity contribution in [3.05, 3.63) is 0 Å². The van der Waals surface area contributed by atoms with Crippen molar-refractivity contribution in [1.82, 2.24) is 10.9 Å². The van der Waals surface area contributed by atoms with Crippen LogP contribution >= 0.6 is 0 Å². The van der Waals surface area contributed by atoms with Gasteiger partial charge in [0.05, 0.1) is 6.04 Å². The van der Waals surface area contributed by atoms with Crippen molar-refractivity contribution in [2.45, 2.75) is 50.1 Å². The van der Waals surface area contributed by atoms with E-state index in [1.807, 2.05) is 0 Å². The minimum absolute atomic E-state index is 0.0445. The first kappa shape index (κ1) is 8.20. The van der Waals surface area contributed by atoms with E-state index in [2.05, 4.69) is 10.9 Å². The Hall–Kier alpha value is -0.410. The minimum Gasteiger partial charge on any atom is -0.302 e. The Morgan fingerprint density at radius 3 is 2.58 bits per heavy atom. The molecule has 1 saturated carbocycles. The van der Waals surface area contributed by atoms with Gasteiger partial charge >= 0.3 is 0 Å². The zero-order chi connectivity index (χ0) is 8.44. The Balaban J connectivity index is 1.98. The normalized spacial score (nSPS) is 33.8. The fourth-order valence-electron chi connectivity index (χ4n) is 2.41. The first-order chi connectivity index (χ1) is 5.85. The maximum atomic E-state index is 10.5. The third-order valence-corrected chi connectivity index (χ3v) is 3.11. The molecule has 0 aromatic rings. The zero-order valence-electron chi connectivity index (χ0n) is 7.31. The van der Waals surface area contributed by atoms with Gasteiger partial charge < -0.3 is 4.79 Å². The first-order valence-corrected chi connectivity index (χ1v) is 4.83. The summed E-state index contributed by atoms with van der Waals surface area (Å²) in [5.41, 5.74) is 6.59. The van der Waals surface area contributed by atoms with E-state index in [9.17, 15) is 4.79 Å². The smallest absolute Gasteiger partial charge is 0.138 e. The van der Waals surface area contributed by atoms with Crippen LogP contribution in [0.15, 0.2) is 0 Å². The lowest BCUT2D eigenvalue weighted by atomic mass is 9.79. The summed E-state index contributed by atoms with van der Waals surface area (Å²) in [6.45, 7) is 0. The number of aldehydes is 1. The highest BCUT2D eigenvalue weighted by Gasteiger charge is 2.39. The lowest BCUT2D eigenvalue weighted by Crippen LogP contribution is -2.45. The summed E-state index contributed by atoms with van der Waals surface area (Å²) >= 11 is 0. The van der Waals surface area contributed by atoms with Crippen molar-refractivity contribution < 1.29 is 4.79 Å². The molecule has 1 aliphatic heterocycles. The van der Waals surface area contributed by atoms with E-state index in [0.717, 1.165) is 12.7 Å². The van der Waals surface area contributed by atoms with Crippen LogP contribution in [0.2, 0.25) is 0 Å². The summed E-state index contributed by atoms with van der Waals surface area (Å²) in [6, 6.07) is 0.0445. The summed E-state index contributed by atoms with van der Waals surface area (Å²) in [6.07, 6.45) is 8.41. The van der Waals surface area contributed by atoms with E-state index in [-0.39, 0.29) is 11.6 Å². The molecule has 1 atom stereocenters. The lowest BCUT2D eigenvalue weighted by Gasteiger charge is -2.32. The fraction of sp³-hybridized carbons (Fsp3) is 0.889. The van der Waals surface area contributed by atoms with Gasteiger partial charge in [-0.1, -0.05) is 19.3 Å². The predicted octanol–water partition coefficient (Wildman–Crippen LogP) is 0.755. The van der Waals surface area contributed by atoms with E-state index in [4.69, 9.17) is 0 Å². The molecule has 1 saturated heterocycles. The molecule has 0 amide bonds. The highest BCUT2D eigenvalue weighted by atomic mass is 16.1. The van der Waals surface area contributed by atoms with Crippen LogP contribution in [0.3, 0.4) is 0 Å². The third kappa shape index (κ3) is 1.39. The molecule has 0 radical (unpaired) electrons. The van der Waals surface area contributed by atoms with Gasteiger partial charge in [-0.15, -0.1) is 0 Å². The van der Waals surface area contributed by atoms with Crippen LogP contribution in [-0.2, 0) is 4.79 Å². The van der Waals surface area contributed by atoms with Gasteiger partial charge in [-0.2, -0.15) is 0 Å². The average molecular weight is 168 g/mol. The van der Waals surface area contributed by atoms with Gasteiger partial charge in [-0.05, 0) is 19.3 Å². The molecular formula is C9H16N2O. The largest absolute Gasteiger partial charge is 0.302 e. The maximum Gasteiger partial charge on any atom is 0.138 e. The number of nitrogens with one attached hydrogen (secondary N) is 2. The zero-order valence-corrected chi connectivity index (χ0v) is 7.31. The fourth-order valence-corrected chi connectivity index (χ4v) is 2.41. The minimum atomic E-state index is 0.0445. The molecule has 0 bridgehead atoms. The monoisotopic (exact) mass is 168 g/mol. The van der Waals surface area contributed by atoms with Crippen LogP contribution in [-0.4, -0.2) is 17.9 Å². The van der Waals surface area contributed by atoms with E-state index in [0.29, 0.717) is 0 Å². The van der Waals surface area contributed by atoms with Crippen molar-refractivity contribution in [2.75, 3.05) is 0 Å². The molecule has 2 fully saturated rings. The number of carbonyl (C=O) groups is 1. The summed E-state index contributed by atoms with van der Waals surface area (Å²) < 4.78 is 0. The Morgan fingerprint density at radius 1 is 1.25 bits per heavy atom. The quantitative estimate of drug-likeness (QED) is 0.568. The average Bonchev–Trinajstić information content (AvgIpc) is 2.50. The Morgan fingerprint density at radius 2 is 2.00 bits per heavy atom. The van der Waals surface area contributed by atoms with Crippen LogP contribution in [0.1, 0.15) is 38.5 Å². The van der Waals surface area contributed by atoms with Crippen LogP contribution < -0.4 is 10.9 Å². The van der Waals surface area contributed by atoms with Gasteiger partial charge in [-0.3, -0.25) is 5.43 Å². The molecular weight excluding hydrogens is 152 g/mol. The molecule has 1 spiro atoms. The third-order valence-electron chi connectivity index (χ3n) is 3.11. The van der Waals surface area contributed by atoms with Gasteiger partial charge in [0.25, 0.3) is 0 Å². The molecule has 1 unspecified atom stereocenters. The number of rotatable bonds is 1. The van der Waals surface area contributed by atoms with Crippen LogP contribution in [0.25, 0.3) is 0 Å². The summed E-state index contributed by atoms with van der Waals surface area (Å²) in [7, 11) is 0. The molecule has 2 N–H and O–H groups in total. The Bertz CT molecular complexity index is 175. The molecule has 2 rings (SSSR count). The number of hydrogen-bond acceptors (Lipinski definition) is 3. The van der Waals surface area contributed by atoms with Gasteiger partial charge in [0.2, 0.25) is 0 Å². The molecule has 3 nitrogen and oxygen atoms in total. The standard InChI is InChI=1S/C9H16N2O/c12-7-8-6-9(11-10-8)4-2-1-3-5-9/h7-8,10-11H,1-6H2. The Labute approximate surface area is 72.9 Å². The number of hydrazine groups is 1. The SMILES string of the molecule is O=CC1CC2(CCCCC2)NN1. The van der Waals surface area contributed by atoms with Crippen molar-refractivity contribution in [2.24, 2.45) is 0 Å². The van der Waals surface area contributed by atoms with Crippen LogP contribution in [0, 0.1) is 0 Å². The summed E-state index contributed by atoms with van der Waals surface area (Å²) in [5, 5.41) is 0. The van der Waals surface area contributed by atoms with E-state index in [1.54, 1.807) is 0 Å². The van der Waals surface area contributed by atoms with E-state index < -0.39 is 0 Å². The molecule has 68 valence electrons. The van der Waals surface area contributed by atoms with E-state index >= 15 is 0 Å². The second-order valence-electron chi connectivity index (χ2n) is 4.06. The first-order valence-electron chi connectivity index (χ1n) is 4.83.